The molecule has 0 bridgehead atoms. The average Bonchev–Trinajstić information content (AvgIpc) is 2.65. The van der Waals surface area contributed by atoms with Crippen LogP contribution in [0.1, 0.15) is 19.4 Å². The Morgan fingerprint density at radius 3 is 2.46 bits per heavy atom. The van der Waals surface area contributed by atoms with Gasteiger partial charge in [0.05, 0.1) is 16.8 Å². The third-order valence-corrected chi connectivity index (χ3v) is 4.57. The van der Waals surface area contributed by atoms with Gasteiger partial charge in [0, 0.05) is 0 Å². The normalized spacial score (nSPS) is 15.9. The van der Waals surface area contributed by atoms with Gasteiger partial charge in [0.1, 0.15) is 11.3 Å². The molecule has 4 amide bonds. The van der Waals surface area contributed by atoms with E-state index in [4.69, 9.17) is 4.74 Å². The SMILES string of the molecule is CC(C)COc1ccc(/C=C2\C(=O)NC(=O)N(c3ccccc3)C2=O)cc1Br. The molecule has 3 rings (SSSR count). The van der Waals surface area contributed by atoms with Crippen LogP contribution in [0.4, 0.5) is 10.5 Å². The Morgan fingerprint density at radius 1 is 1.11 bits per heavy atom. The summed E-state index contributed by atoms with van der Waals surface area (Å²) in [6.45, 7) is 4.69. The van der Waals surface area contributed by atoms with Crippen LogP contribution >= 0.6 is 15.9 Å². The topological polar surface area (TPSA) is 75.7 Å². The largest absolute Gasteiger partial charge is 0.492 e. The van der Waals surface area contributed by atoms with Crippen LogP contribution in [-0.2, 0) is 9.59 Å². The first-order chi connectivity index (χ1) is 13.4. The zero-order valence-corrected chi connectivity index (χ0v) is 17.0. The predicted octanol–water partition coefficient (Wildman–Crippen LogP) is 4.15. The van der Waals surface area contributed by atoms with Gasteiger partial charge in [0.25, 0.3) is 11.8 Å². The molecule has 0 unspecified atom stereocenters. The summed E-state index contributed by atoms with van der Waals surface area (Å²) in [6.07, 6.45) is 1.46. The highest BCUT2D eigenvalue weighted by molar-refractivity contribution is 9.10. The number of halogens is 1. The van der Waals surface area contributed by atoms with Gasteiger partial charge in [-0.3, -0.25) is 14.9 Å². The second-order valence-electron chi connectivity index (χ2n) is 6.69. The minimum Gasteiger partial charge on any atom is -0.492 e. The highest BCUT2D eigenvalue weighted by atomic mass is 79.9. The molecule has 2 aromatic rings. The number of nitrogens with zero attached hydrogens (tertiary/aromatic N) is 1. The Kier molecular flexibility index (Phi) is 5.94. The van der Waals surface area contributed by atoms with Crippen LogP contribution in [0.5, 0.6) is 5.75 Å². The molecule has 0 aliphatic carbocycles. The molecule has 1 saturated heterocycles. The van der Waals surface area contributed by atoms with E-state index in [1.165, 1.54) is 6.08 Å². The van der Waals surface area contributed by atoms with Gasteiger partial charge >= 0.3 is 6.03 Å². The highest BCUT2D eigenvalue weighted by Crippen LogP contribution is 2.28. The lowest BCUT2D eigenvalue weighted by Crippen LogP contribution is -2.54. The van der Waals surface area contributed by atoms with Crippen molar-refractivity contribution in [1.82, 2.24) is 5.32 Å². The lowest BCUT2D eigenvalue weighted by Gasteiger charge is -2.26. The van der Waals surface area contributed by atoms with Gasteiger partial charge in [-0.2, -0.15) is 0 Å². The maximum Gasteiger partial charge on any atom is 0.335 e. The number of benzene rings is 2. The highest BCUT2D eigenvalue weighted by Gasteiger charge is 2.36. The van der Waals surface area contributed by atoms with Crippen molar-refractivity contribution in [2.75, 3.05) is 11.5 Å². The Labute approximate surface area is 171 Å². The number of hydrogen-bond donors (Lipinski definition) is 1. The second kappa shape index (κ2) is 8.39. The summed E-state index contributed by atoms with van der Waals surface area (Å²) in [7, 11) is 0. The standard InChI is InChI=1S/C21H19BrN2O4/c1-13(2)12-28-18-9-8-14(11-17(18)22)10-16-19(25)23-21(27)24(20(16)26)15-6-4-3-5-7-15/h3-11,13H,12H2,1-2H3,(H,23,25,27)/b16-10+. The molecule has 7 heteroatoms. The monoisotopic (exact) mass is 442 g/mol. The minimum absolute atomic E-state index is 0.119. The molecule has 6 nitrogen and oxygen atoms in total. The first-order valence-electron chi connectivity index (χ1n) is 8.75. The average molecular weight is 443 g/mol. The van der Waals surface area contributed by atoms with Crippen LogP contribution in [0.3, 0.4) is 0 Å². The van der Waals surface area contributed by atoms with Gasteiger partial charge in [-0.1, -0.05) is 38.1 Å². The molecule has 0 atom stereocenters. The van der Waals surface area contributed by atoms with Crippen molar-refractivity contribution in [2.24, 2.45) is 5.92 Å². The Hall–Kier alpha value is -2.93. The summed E-state index contributed by atoms with van der Waals surface area (Å²) >= 11 is 3.45. The lowest BCUT2D eigenvalue weighted by molar-refractivity contribution is -0.122. The van der Waals surface area contributed by atoms with Gasteiger partial charge in [-0.15, -0.1) is 0 Å². The van der Waals surface area contributed by atoms with Crippen molar-refractivity contribution >= 4 is 45.5 Å². The number of urea groups is 1. The maximum atomic E-state index is 12.8. The molecule has 0 spiro atoms. The Bertz CT molecular complexity index is 954. The summed E-state index contributed by atoms with van der Waals surface area (Å²) in [5.41, 5.74) is 0.901. The van der Waals surface area contributed by atoms with Gasteiger partial charge in [0.2, 0.25) is 0 Å². The number of barbiturate groups is 1. The number of anilines is 1. The fourth-order valence-electron chi connectivity index (χ4n) is 2.62. The number of carbonyl (C=O) groups excluding carboxylic acids is 3. The van der Waals surface area contributed by atoms with Crippen molar-refractivity contribution in [2.45, 2.75) is 13.8 Å². The molecule has 0 aromatic heterocycles. The lowest BCUT2D eigenvalue weighted by atomic mass is 10.1. The number of hydrogen-bond acceptors (Lipinski definition) is 4. The third kappa shape index (κ3) is 4.31. The minimum atomic E-state index is -0.767. The molecule has 144 valence electrons. The van der Waals surface area contributed by atoms with Gasteiger partial charge < -0.3 is 4.74 Å². The van der Waals surface area contributed by atoms with Crippen LogP contribution in [0, 0.1) is 5.92 Å². The quantitative estimate of drug-likeness (QED) is 0.557. The molecule has 0 radical (unpaired) electrons. The summed E-state index contributed by atoms with van der Waals surface area (Å²) in [4.78, 5) is 38.2. The van der Waals surface area contributed by atoms with E-state index in [9.17, 15) is 14.4 Å². The van der Waals surface area contributed by atoms with Gasteiger partial charge in [-0.05, 0) is 57.8 Å². The molecule has 28 heavy (non-hydrogen) atoms. The summed E-state index contributed by atoms with van der Waals surface area (Å²) in [6, 6.07) is 13.0. The number of ether oxygens (including phenoxy) is 1. The third-order valence-electron chi connectivity index (χ3n) is 3.96. The predicted molar refractivity (Wildman–Crippen MR) is 110 cm³/mol. The van der Waals surface area contributed by atoms with Crippen LogP contribution in [-0.4, -0.2) is 24.5 Å². The molecule has 2 aromatic carbocycles. The van der Waals surface area contributed by atoms with E-state index in [2.05, 4.69) is 35.1 Å². The van der Waals surface area contributed by atoms with Crippen molar-refractivity contribution in [3.8, 4) is 5.75 Å². The number of carbonyl (C=O) groups is 3. The molecule has 1 heterocycles. The summed E-state index contributed by atoms with van der Waals surface area (Å²) in [5.74, 6) is -0.329. The van der Waals surface area contributed by atoms with E-state index in [0.29, 0.717) is 34.0 Å². The van der Waals surface area contributed by atoms with E-state index < -0.39 is 17.8 Å². The van der Waals surface area contributed by atoms with Crippen LogP contribution in [0.2, 0.25) is 0 Å². The number of rotatable bonds is 5. The fourth-order valence-corrected chi connectivity index (χ4v) is 3.13. The van der Waals surface area contributed by atoms with E-state index in [1.807, 2.05) is 0 Å². The second-order valence-corrected chi connectivity index (χ2v) is 7.54. The Morgan fingerprint density at radius 2 is 1.82 bits per heavy atom. The van der Waals surface area contributed by atoms with Crippen molar-refractivity contribution in [3.63, 3.8) is 0 Å². The van der Waals surface area contributed by atoms with Crippen molar-refractivity contribution in [3.05, 3.63) is 64.1 Å². The Balaban J connectivity index is 1.90. The van der Waals surface area contributed by atoms with Crippen LogP contribution < -0.4 is 15.0 Å². The molecule has 1 fully saturated rings. The number of para-hydroxylation sites is 1. The van der Waals surface area contributed by atoms with E-state index in [0.717, 1.165) is 4.90 Å². The first kappa shape index (κ1) is 19.8. The van der Waals surface area contributed by atoms with Crippen molar-refractivity contribution in [1.29, 1.82) is 0 Å². The molecule has 1 aliphatic rings. The first-order valence-corrected chi connectivity index (χ1v) is 9.55. The number of amides is 4. The molecule has 1 aliphatic heterocycles. The zero-order valence-electron chi connectivity index (χ0n) is 15.4. The zero-order chi connectivity index (χ0) is 20.3. The number of imide groups is 2. The van der Waals surface area contributed by atoms with Crippen LogP contribution in [0.15, 0.2) is 58.6 Å². The maximum absolute atomic E-state index is 12.8. The molecule has 1 N–H and O–H groups in total. The molecular weight excluding hydrogens is 424 g/mol. The van der Waals surface area contributed by atoms with E-state index in [1.54, 1.807) is 48.5 Å². The fraction of sp³-hybridized carbons (Fsp3) is 0.190. The van der Waals surface area contributed by atoms with Crippen LogP contribution in [0.25, 0.3) is 6.08 Å². The van der Waals surface area contributed by atoms with E-state index >= 15 is 0 Å². The molecular formula is C21H19BrN2O4. The summed E-state index contributed by atoms with van der Waals surface area (Å²) < 4.78 is 6.42. The number of nitrogens with one attached hydrogen (secondary N) is 1. The van der Waals surface area contributed by atoms with E-state index in [-0.39, 0.29) is 5.57 Å². The van der Waals surface area contributed by atoms with Crippen molar-refractivity contribution < 1.29 is 19.1 Å². The molecule has 0 saturated carbocycles. The van der Waals surface area contributed by atoms with Gasteiger partial charge in [-0.25, -0.2) is 9.69 Å². The smallest absolute Gasteiger partial charge is 0.335 e. The van der Waals surface area contributed by atoms with Gasteiger partial charge in [0.15, 0.2) is 0 Å². The summed E-state index contributed by atoms with van der Waals surface area (Å²) in [5, 5.41) is 2.21.